The lowest BCUT2D eigenvalue weighted by Gasteiger charge is -2.34. The predicted octanol–water partition coefficient (Wildman–Crippen LogP) is 9.40. The average molecular weight is 1180 g/mol. The van der Waals surface area contributed by atoms with Gasteiger partial charge in [-0.25, -0.2) is 44.9 Å². The van der Waals surface area contributed by atoms with Crippen LogP contribution in [0.3, 0.4) is 0 Å². The number of hydrogen-bond acceptors (Lipinski definition) is 16. The molecule has 0 radical (unpaired) electrons. The fourth-order valence-corrected chi connectivity index (χ4v) is 12.9. The first-order chi connectivity index (χ1) is 38.5. The average Bonchev–Trinajstić information content (AvgIpc) is 4.25. The summed E-state index contributed by atoms with van der Waals surface area (Å²) in [7, 11) is -0.0693. The molecular weight excluding hydrogens is 1100 g/mol. The molecular formula is C58H77ClF2N10O8S2. The van der Waals surface area contributed by atoms with E-state index in [1.54, 1.807) is 66.1 Å². The molecule has 0 aliphatic carbocycles. The van der Waals surface area contributed by atoms with E-state index in [4.69, 9.17) is 41.5 Å². The minimum Gasteiger partial charge on any atom is -0.384 e. The number of hydrogen-bond donors (Lipinski definition) is 0. The highest BCUT2D eigenvalue weighted by Crippen LogP contribution is 2.39. The molecule has 0 bridgehead atoms. The quantitative estimate of drug-likeness (QED) is 0.0431. The maximum Gasteiger partial charge on any atom is 0.196 e. The van der Waals surface area contributed by atoms with E-state index >= 15 is 0 Å². The lowest BCUT2D eigenvalue weighted by atomic mass is 9.96. The zero-order valence-corrected chi connectivity index (χ0v) is 50.4. The van der Waals surface area contributed by atoms with Crippen molar-refractivity contribution in [3.63, 3.8) is 0 Å². The van der Waals surface area contributed by atoms with Crippen LogP contribution in [0, 0.1) is 34.8 Å². The van der Waals surface area contributed by atoms with Gasteiger partial charge in [-0.3, -0.25) is 9.59 Å². The zero-order valence-electron chi connectivity index (χ0n) is 48.0. The third-order valence-electron chi connectivity index (χ3n) is 14.2. The SMILES string of the molecule is CC#N.COCC1CCN(c2cc(C(=O)CS(=O)(=O)CCCCl)nc3c2c(C(C)C)nn3-c2ccc(F)cc2)CC1.COCC1CCN(c2cc(C(=O)CS(=O)(=O)CCCN(C)C)nc3c2c(C(C)C)nn3-c2ccc(F)cc2)CC1. The number of rotatable bonds is 23. The molecule has 0 atom stereocenters. The van der Waals surface area contributed by atoms with Gasteiger partial charge in [-0.2, -0.15) is 15.5 Å². The number of benzene rings is 2. The number of piperidine rings is 2. The number of ketones is 2. The molecule has 23 heteroatoms. The Kier molecular flexibility index (Phi) is 23.3. The third-order valence-corrected chi connectivity index (χ3v) is 17.7. The zero-order chi connectivity index (χ0) is 59.2. The van der Waals surface area contributed by atoms with Crippen molar-refractivity contribution in [2.24, 2.45) is 11.8 Å². The number of carbonyl (C=O) groups is 2. The van der Waals surface area contributed by atoms with Gasteiger partial charge in [-0.05, 0) is 144 Å². The van der Waals surface area contributed by atoms with Crippen LogP contribution in [0.1, 0.15) is 117 Å². The van der Waals surface area contributed by atoms with Crippen LogP contribution < -0.4 is 9.80 Å². The summed E-state index contributed by atoms with van der Waals surface area (Å²) in [6.45, 7) is 14.7. The van der Waals surface area contributed by atoms with Crippen LogP contribution in [0.4, 0.5) is 20.2 Å². The van der Waals surface area contributed by atoms with Gasteiger partial charge >= 0.3 is 0 Å². The number of methoxy groups -OCH3 is 2. The molecule has 6 aromatic rings. The highest BCUT2D eigenvalue weighted by Gasteiger charge is 2.31. The Bertz CT molecular complexity index is 3350. The summed E-state index contributed by atoms with van der Waals surface area (Å²) in [6, 6.07) is 17.0. The Morgan fingerprint density at radius 3 is 1.36 bits per heavy atom. The largest absolute Gasteiger partial charge is 0.384 e. The van der Waals surface area contributed by atoms with Crippen LogP contribution in [0.5, 0.6) is 0 Å². The summed E-state index contributed by atoms with van der Waals surface area (Å²) < 4.78 is 92.1. The van der Waals surface area contributed by atoms with Crippen LogP contribution in [0.25, 0.3) is 33.4 Å². The molecule has 0 spiro atoms. The van der Waals surface area contributed by atoms with Gasteiger partial charge in [-0.1, -0.05) is 27.7 Å². The van der Waals surface area contributed by atoms with Crippen LogP contribution >= 0.6 is 11.6 Å². The molecule has 2 aliphatic rings. The standard InChI is InChI=1S/C29H40FN5O4S.C27H34ClFN4O4S.C2H3N/c1-20(2)28-27-25(34-14-11-21(12-15-34)18-39-5)17-24(26(36)19-40(37,38)16-6-13-33(3)4)31-29(27)35(32-28)23-9-7-22(30)8-10-23;1-18(2)26-25-23(32-12-9-19(10-13-32)16-37-3)15-22(24(34)17-38(35,36)14-4-11-28)30-27(25)33(31-26)21-7-5-20(29)6-8-21;1-2-3/h7-10,17,20-21H,6,11-16,18-19H2,1-5H3;5-8,15,18-19H,4,9-14,16-17H2,1-3H3;1H3. The van der Waals surface area contributed by atoms with Crippen molar-refractivity contribution >= 4 is 76.3 Å². The molecule has 2 aliphatic heterocycles. The molecule has 0 amide bonds. The van der Waals surface area contributed by atoms with Crippen LogP contribution in [-0.2, 0) is 29.1 Å². The van der Waals surface area contributed by atoms with Gasteiger partial charge in [0, 0.05) is 66.4 Å². The summed E-state index contributed by atoms with van der Waals surface area (Å²) in [4.78, 5) is 42.5. The lowest BCUT2D eigenvalue weighted by Crippen LogP contribution is -2.35. The Labute approximate surface area is 480 Å². The van der Waals surface area contributed by atoms with Gasteiger partial charge in [0.05, 0.1) is 62.5 Å². The molecule has 8 rings (SSSR count). The minimum atomic E-state index is -3.64. The fraction of sp³-hybridized carbons (Fsp3) is 0.534. The van der Waals surface area contributed by atoms with Crippen LogP contribution in [0.15, 0.2) is 60.7 Å². The molecule has 81 heavy (non-hydrogen) atoms. The van der Waals surface area contributed by atoms with E-state index in [-0.39, 0.29) is 58.7 Å². The van der Waals surface area contributed by atoms with Crippen molar-refractivity contribution in [3.8, 4) is 17.4 Å². The topological polar surface area (TPSA) is 216 Å². The number of Topliss-reactive ketones (excluding diaryl/α,β-unsaturated/α-hetero) is 2. The Hall–Kier alpha value is -5.96. The number of nitriles is 1. The predicted molar refractivity (Wildman–Crippen MR) is 315 cm³/mol. The molecule has 0 saturated carbocycles. The van der Waals surface area contributed by atoms with Gasteiger partial charge in [0.15, 0.2) is 42.5 Å². The fourth-order valence-electron chi connectivity index (χ4n) is 10.1. The van der Waals surface area contributed by atoms with Crippen molar-refractivity contribution < 1.29 is 44.7 Å². The number of fused-ring (bicyclic) bond motifs is 2. The molecule has 4 aromatic heterocycles. The first-order valence-electron chi connectivity index (χ1n) is 27.4. The van der Waals surface area contributed by atoms with Crippen LogP contribution in [0.2, 0.25) is 0 Å². The number of nitrogens with zero attached hydrogens (tertiary/aromatic N) is 10. The van der Waals surface area contributed by atoms with Gasteiger partial charge in [0.1, 0.15) is 34.5 Å². The van der Waals surface area contributed by atoms with Crippen molar-refractivity contribution in [1.82, 2.24) is 34.4 Å². The van der Waals surface area contributed by atoms with Crippen LogP contribution in [-0.4, -0.2) is 166 Å². The van der Waals surface area contributed by atoms with Crippen molar-refractivity contribution in [3.05, 3.63) is 95.1 Å². The molecule has 440 valence electrons. The van der Waals surface area contributed by atoms with Crippen molar-refractivity contribution in [2.75, 3.05) is 113 Å². The van der Waals surface area contributed by atoms with Gasteiger partial charge in [0.25, 0.3) is 0 Å². The van der Waals surface area contributed by atoms with E-state index in [2.05, 4.69) is 14.8 Å². The maximum absolute atomic E-state index is 13.7. The minimum absolute atomic E-state index is 0.0447. The summed E-state index contributed by atoms with van der Waals surface area (Å²) in [5.74, 6) is -2.11. The molecule has 2 fully saturated rings. The first kappa shape index (κ1) is 64.2. The van der Waals surface area contributed by atoms with E-state index in [0.717, 1.165) is 85.4 Å². The summed E-state index contributed by atoms with van der Waals surface area (Å²) in [5, 5.41) is 18.7. The summed E-state index contributed by atoms with van der Waals surface area (Å²) in [6.07, 6.45) is 4.45. The number of halogens is 3. The normalized spacial score (nSPS) is 14.6. The summed E-state index contributed by atoms with van der Waals surface area (Å²) in [5.41, 5.74) is 5.53. The lowest BCUT2D eigenvalue weighted by molar-refractivity contribution is 0.100. The van der Waals surface area contributed by atoms with Crippen molar-refractivity contribution in [2.45, 2.75) is 85.0 Å². The van der Waals surface area contributed by atoms with Gasteiger partial charge in [0.2, 0.25) is 0 Å². The molecule has 18 nitrogen and oxygen atoms in total. The van der Waals surface area contributed by atoms with E-state index < -0.39 is 42.7 Å². The number of anilines is 2. The van der Waals surface area contributed by atoms with E-state index in [1.165, 1.54) is 31.2 Å². The Balaban J connectivity index is 0.000000249. The highest BCUT2D eigenvalue weighted by molar-refractivity contribution is 7.92. The van der Waals surface area contributed by atoms with Gasteiger partial charge in [-0.15, -0.1) is 11.6 Å². The molecule has 6 heterocycles. The summed E-state index contributed by atoms with van der Waals surface area (Å²) >= 11 is 5.67. The molecule has 2 saturated heterocycles. The Morgan fingerprint density at radius 2 is 1.04 bits per heavy atom. The second kappa shape index (κ2) is 29.3. The van der Waals surface area contributed by atoms with Crippen molar-refractivity contribution in [1.29, 1.82) is 5.26 Å². The highest BCUT2D eigenvalue weighted by atomic mass is 35.5. The second-order valence-corrected chi connectivity index (χ2v) is 26.3. The number of alkyl halides is 1. The number of carbonyl (C=O) groups excluding carboxylic acids is 2. The molecule has 0 unspecified atom stereocenters. The van der Waals surface area contributed by atoms with E-state index in [9.17, 15) is 35.2 Å². The number of aromatic nitrogens is 6. The number of ether oxygens (including phenoxy) is 2. The molecule has 2 aromatic carbocycles. The number of pyridine rings is 2. The Morgan fingerprint density at radius 1 is 0.679 bits per heavy atom. The third kappa shape index (κ3) is 17.1. The monoisotopic (exact) mass is 1180 g/mol. The maximum atomic E-state index is 13.7. The van der Waals surface area contributed by atoms with E-state index in [0.29, 0.717) is 60.7 Å². The second-order valence-electron chi connectivity index (χ2n) is 21.5. The van der Waals surface area contributed by atoms with E-state index in [1.807, 2.05) is 46.7 Å². The van der Waals surface area contributed by atoms with Gasteiger partial charge < -0.3 is 24.2 Å². The smallest absolute Gasteiger partial charge is 0.196 e. The molecule has 0 N–H and O–H groups in total. The first-order valence-corrected chi connectivity index (χ1v) is 31.6. The number of sulfone groups is 2.